The Morgan fingerprint density at radius 1 is 1.23 bits per heavy atom. The number of anilines is 1. The van der Waals surface area contributed by atoms with E-state index in [0.717, 1.165) is 23.1 Å². The second-order valence-corrected chi connectivity index (χ2v) is 6.86. The van der Waals surface area contributed by atoms with Gasteiger partial charge in [0.05, 0.1) is 23.6 Å². The van der Waals surface area contributed by atoms with Gasteiger partial charge in [-0.2, -0.15) is 4.98 Å². The molecule has 2 aromatic carbocycles. The average Bonchev–Trinajstić information content (AvgIpc) is 3.12. The van der Waals surface area contributed by atoms with Crippen molar-refractivity contribution in [3.63, 3.8) is 0 Å². The van der Waals surface area contributed by atoms with Crippen LogP contribution in [0.15, 0.2) is 52.1 Å². The lowest BCUT2D eigenvalue weighted by molar-refractivity contribution is -0.113. The molecule has 1 aromatic heterocycles. The third-order valence-corrected chi connectivity index (χ3v) is 4.67. The molecule has 0 saturated carbocycles. The van der Waals surface area contributed by atoms with Gasteiger partial charge in [-0.05, 0) is 47.6 Å². The highest BCUT2D eigenvalue weighted by atomic mass is 35.5. The van der Waals surface area contributed by atoms with E-state index in [1.54, 1.807) is 37.4 Å². The number of halogens is 2. The van der Waals surface area contributed by atoms with Crippen LogP contribution in [0.5, 0.6) is 5.75 Å². The number of aromatic nitrogens is 2. The Morgan fingerprint density at radius 3 is 2.73 bits per heavy atom. The monoisotopic (exact) mass is 409 g/mol. The van der Waals surface area contributed by atoms with Crippen molar-refractivity contribution in [3.8, 4) is 17.2 Å². The fourth-order valence-electron chi connectivity index (χ4n) is 2.03. The van der Waals surface area contributed by atoms with Crippen LogP contribution in [0.3, 0.4) is 0 Å². The molecule has 6 nitrogen and oxygen atoms in total. The Balaban J connectivity index is 1.58. The molecule has 134 valence electrons. The Morgan fingerprint density at radius 2 is 2.00 bits per heavy atom. The van der Waals surface area contributed by atoms with Crippen molar-refractivity contribution >= 4 is 46.6 Å². The highest BCUT2D eigenvalue weighted by Crippen LogP contribution is 2.26. The smallest absolute Gasteiger partial charge is 0.258 e. The first-order valence-corrected chi connectivity index (χ1v) is 9.15. The standard InChI is InChI=1S/C17H13Cl2N3O3S/c1-24-12-5-2-10(3-6-12)16-21-17(22-25-16)26-9-15(23)20-14-8-11(18)4-7-13(14)19/h2-8H,9H2,1H3,(H,20,23). The Bertz CT molecular complexity index is 916. The topological polar surface area (TPSA) is 77.2 Å². The summed E-state index contributed by atoms with van der Waals surface area (Å²) in [6, 6.07) is 12.1. The van der Waals surface area contributed by atoms with Crippen LogP contribution < -0.4 is 10.1 Å². The molecule has 0 fully saturated rings. The lowest BCUT2D eigenvalue weighted by atomic mass is 10.2. The number of thioether (sulfide) groups is 1. The Kier molecular flexibility index (Phi) is 6.03. The molecule has 26 heavy (non-hydrogen) atoms. The lowest BCUT2D eigenvalue weighted by Gasteiger charge is -2.06. The van der Waals surface area contributed by atoms with Gasteiger partial charge in [0.15, 0.2) is 0 Å². The number of nitrogens with one attached hydrogen (secondary N) is 1. The zero-order valence-corrected chi connectivity index (χ0v) is 15.9. The minimum absolute atomic E-state index is 0.102. The number of ether oxygens (including phenoxy) is 1. The predicted molar refractivity (Wildman–Crippen MR) is 102 cm³/mol. The van der Waals surface area contributed by atoms with Gasteiger partial charge in [0.1, 0.15) is 5.75 Å². The Hall–Kier alpha value is -2.22. The van der Waals surface area contributed by atoms with Crippen molar-refractivity contribution < 1.29 is 14.1 Å². The van der Waals surface area contributed by atoms with E-state index >= 15 is 0 Å². The van der Waals surface area contributed by atoms with Crippen LogP contribution in [0.4, 0.5) is 5.69 Å². The minimum Gasteiger partial charge on any atom is -0.497 e. The maximum absolute atomic E-state index is 12.1. The zero-order chi connectivity index (χ0) is 18.5. The number of hydrogen-bond acceptors (Lipinski definition) is 6. The van der Waals surface area contributed by atoms with Gasteiger partial charge in [-0.25, -0.2) is 0 Å². The zero-order valence-electron chi connectivity index (χ0n) is 13.5. The van der Waals surface area contributed by atoms with Crippen LogP contribution in [0.25, 0.3) is 11.5 Å². The third kappa shape index (κ3) is 4.69. The summed E-state index contributed by atoms with van der Waals surface area (Å²) >= 11 is 13.1. The first-order chi connectivity index (χ1) is 12.5. The van der Waals surface area contributed by atoms with E-state index in [2.05, 4.69) is 15.5 Å². The van der Waals surface area contributed by atoms with Gasteiger partial charge in [-0.1, -0.05) is 35.0 Å². The number of amides is 1. The summed E-state index contributed by atoms with van der Waals surface area (Å²) < 4.78 is 10.3. The normalized spacial score (nSPS) is 10.6. The van der Waals surface area contributed by atoms with E-state index in [4.69, 9.17) is 32.5 Å². The number of nitrogens with zero attached hydrogens (tertiary/aromatic N) is 2. The maximum atomic E-state index is 12.1. The van der Waals surface area contributed by atoms with Crippen molar-refractivity contribution in [1.29, 1.82) is 0 Å². The van der Waals surface area contributed by atoms with Gasteiger partial charge in [-0.3, -0.25) is 4.79 Å². The first kappa shape index (κ1) is 18.6. The van der Waals surface area contributed by atoms with Gasteiger partial charge in [-0.15, -0.1) is 0 Å². The highest BCUT2D eigenvalue weighted by molar-refractivity contribution is 7.99. The van der Waals surface area contributed by atoms with Gasteiger partial charge in [0.25, 0.3) is 5.89 Å². The van der Waals surface area contributed by atoms with Crippen molar-refractivity contribution in [1.82, 2.24) is 10.1 Å². The summed E-state index contributed by atoms with van der Waals surface area (Å²) in [6.45, 7) is 0. The predicted octanol–water partition coefficient (Wildman–Crippen LogP) is 4.78. The SMILES string of the molecule is COc1ccc(-c2nc(SCC(=O)Nc3cc(Cl)ccc3Cl)no2)cc1. The van der Waals surface area contributed by atoms with Crippen molar-refractivity contribution in [2.75, 3.05) is 18.2 Å². The summed E-state index contributed by atoms with van der Waals surface area (Å²) in [7, 11) is 1.60. The average molecular weight is 410 g/mol. The third-order valence-electron chi connectivity index (χ3n) is 3.28. The van der Waals surface area contributed by atoms with Gasteiger partial charge >= 0.3 is 0 Å². The maximum Gasteiger partial charge on any atom is 0.258 e. The minimum atomic E-state index is -0.255. The van der Waals surface area contributed by atoms with E-state index in [1.807, 2.05) is 12.1 Å². The van der Waals surface area contributed by atoms with Crippen LogP contribution in [-0.4, -0.2) is 28.9 Å². The van der Waals surface area contributed by atoms with E-state index in [0.29, 0.717) is 26.8 Å². The molecule has 0 atom stereocenters. The molecule has 0 bridgehead atoms. The second kappa shape index (κ2) is 8.44. The number of carbonyl (C=O) groups is 1. The number of rotatable bonds is 6. The number of carbonyl (C=O) groups excluding carboxylic acids is 1. The van der Waals surface area contributed by atoms with Crippen LogP contribution in [0.2, 0.25) is 10.0 Å². The fourth-order valence-corrected chi connectivity index (χ4v) is 2.94. The summed E-state index contributed by atoms with van der Waals surface area (Å²) in [4.78, 5) is 16.3. The molecule has 3 rings (SSSR count). The number of methoxy groups -OCH3 is 1. The molecule has 0 unspecified atom stereocenters. The molecule has 0 aliphatic heterocycles. The van der Waals surface area contributed by atoms with Crippen LogP contribution in [0, 0.1) is 0 Å². The fraction of sp³-hybridized carbons (Fsp3) is 0.118. The molecule has 0 radical (unpaired) electrons. The van der Waals surface area contributed by atoms with Gasteiger partial charge < -0.3 is 14.6 Å². The van der Waals surface area contributed by atoms with E-state index in [1.165, 1.54) is 0 Å². The van der Waals surface area contributed by atoms with Gasteiger partial charge in [0.2, 0.25) is 11.1 Å². The Labute approximate surface area is 163 Å². The summed E-state index contributed by atoms with van der Waals surface area (Å²) in [5, 5.41) is 7.82. The molecule has 9 heteroatoms. The summed E-state index contributed by atoms with van der Waals surface area (Å²) in [5.74, 6) is 0.951. The van der Waals surface area contributed by atoms with Crippen LogP contribution in [0.1, 0.15) is 0 Å². The number of hydrogen-bond donors (Lipinski definition) is 1. The van der Waals surface area contributed by atoms with E-state index in [9.17, 15) is 4.79 Å². The molecular formula is C17H13Cl2N3O3S. The molecule has 1 heterocycles. The van der Waals surface area contributed by atoms with Crippen LogP contribution >= 0.6 is 35.0 Å². The molecule has 1 N–H and O–H groups in total. The summed E-state index contributed by atoms with van der Waals surface area (Å²) in [5.41, 5.74) is 1.22. The van der Waals surface area contributed by atoms with Crippen LogP contribution in [-0.2, 0) is 4.79 Å². The largest absolute Gasteiger partial charge is 0.497 e. The molecule has 0 aliphatic rings. The second-order valence-electron chi connectivity index (χ2n) is 5.07. The molecular weight excluding hydrogens is 397 g/mol. The molecule has 1 amide bonds. The highest BCUT2D eigenvalue weighted by Gasteiger charge is 2.12. The molecule has 0 spiro atoms. The van der Waals surface area contributed by atoms with E-state index < -0.39 is 0 Å². The quantitative estimate of drug-likeness (QED) is 0.590. The van der Waals surface area contributed by atoms with Gasteiger partial charge in [0, 0.05) is 10.6 Å². The lowest BCUT2D eigenvalue weighted by Crippen LogP contribution is -2.14. The molecule has 0 aliphatic carbocycles. The molecule has 0 saturated heterocycles. The number of benzene rings is 2. The first-order valence-electron chi connectivity index (χ1n) is 7.41. The van der Waals surface area contributed by atoms with Crippen molar-refractivity contribution in [2.45, 2.75) is 5.16 Å². The van der Waals surface area contributed by atoms with Crippen molar-refractivity contribution in [2.24, 2.45) is 0 Å². The summed E-state index contributed by atoms with van der Waals surface area (Å²) in [6.07, 6.45) is 0. The van der Waals surface area contributed by atoms with E-state index in [-0.39, 0.29) is 11.7 Å². The van der Waals surface area contributed by atoms with Crippen molar-refractivity contribution in [3.05, 3.63) is 52.5 Å². The molecule has 3 aromatic rings.